The highest BCUT2D eigenvalue weighted by molar-refractivity contribution is 6.30. The van der Waals surface area contributed by atoms with Gasteiger partial charge in [-0.3, -0.25) is 4.79 Å². The molecule has 0 aromatic heterocycles. The van der Waals surface area contributed by atoms with Gasteiger partial charge in [-0.05, 0) is 69.0 Å². The van der Waals surface area contributed by atoms with Gasteiger partial charge in [-0.25, -0.2) is 4.79 Å². The lowest BCUT2D eigenvalue weighted by Gasteiger charge is -2.37. The first-order valence-corrected chi connectivity index (χ1v) is 12.0. The normalized spacial score (nSPS) is 19.9. The van der Waals surface area contributed by atoms with E-state index in [0.717, 1.165) is 11.3 Å². The Bertz CT molecular complexity index is 1210. The van der Waals surface area contributed by atoms with Gasteiger partial charge < -0.3 is 19.5 Å². The summed E-state index contributed by atoms with van der Waals surface area (Å²) in [6.45, 7) is 5.45. The third-order valence-electron chi connectivity index (χ3n) is 6.48. The molecule has 2 atom stereocenters. The van der Waals surface area contributed by atoms with Gasteiger partial charge in [0.15, 0.2) is 5.78 Å². The van der Waals surface area contributed by atoms with Gasteiger partial charge in [0, 0.05) is 34.0 Å². The van der Waals surface area contributed by atoms with E-state index in [4.69, 9.17) is 25.8 Å². The number of esters is 1. The Kier molecular flexibility index (Phi) is 7.22. The van der Waals surface area contributed by atoms with Gasteiger partial charge in [-0.2, -0.15) is 0 Å². The van der Waals surface area contributed by atoms with Crippen LogP contribution in [-0.2, 0) is 14.3 Å². The summed E-state index contributed by atoms with van der Waals surface area (Å²) in [4.78, 5) is 27.1. The number of dihydropyridines is 1. The molecule has 6 nitrogen and oxygen atoms in total. The number of rotatable bonds is 6. The van der Waals surface area contributed by atoms with Crippen LogP contribution < -0.4 is 14.8 Å². The van der Waals surface area contributed by atoms with E-state index in [1.807, 2.05) is 37.3 Å². The predicted octanol–water partition coefficient (Wildman–Crippen LogP) is 5.67. The van der Waals surface area contributed by atoms with E-state index in [9.17, 15) is 9.59 Å². The number of hydrogen-bond donors (Lipinski definition) is 1. The minimum Gasteiger partial charge on any atom is -0.497 e. The molecule has 2 aromatic rings. The van der Waals surface area contributed by atoms with Gasteiger partial charge >= 0.3 is 5.97 Å². The molecule has 35 heavy (non-hydrogen) atoms. The summed E-state index contributed by atoms with van der Waals surface area (Å²) >= 11 is 6.07. The number of ketones is 1. The summed E-state index contributed by atoms with van der Waals surface area (Å²) < 4.78 is 16.7. The lowest BCUT2D eigenvalue weighted by atomic mass is 9.71. The zero-order valence-corrected chi connectivity index (χ0v) is 21.4. The predicted molar refractivity (Wildman–Crippen MR) is 135 cm³/mol. The van der Waals surface area contributed by atoms with Crippen LogP contribution in [0.5, 0.6) is 11.5 Å². The molecule has 0 saturated heterocycles. The molecule has 184 valence electrons. The molecular formula is C28H30ClNO5. The number of Topliss-reactive ketones (excluding diaryl/α,β-unsaturated/α-hetero) is 1. The molecule has 0 radical (unpaired) electrons. The van der Waals surface area contributed by atoms with E-state index in [1.54, 1.807) is 40.2 Å². The third kappa shape index (κ3) is 4.94. The standard InChI is InChI=1S/C28H30ClNO5/c1-15(2)35-28(32)25-16(3)30-22-12-18(17-6-8-19(29)9-7-17)13-23(31)27(22)26(25)21-14-20(33-4)10-11-24(21)34-5/h6-11,14-15,18,26,30H,12-13H2,1-5H3/t18-,26+/m1/s1. The second-order valence-corrected chi connectivity index (χ2v) is 9.57. The van der Waals surface area contributed by atoms with Crippen LogP contribution in [0.2, 0.25) is 5.02 Å². The zero-order valence-electron chi connectivity index (χ0n) is 20.6. The number of halogens is 1. The molecule has 1 heterocycles. The van der Waals surface area contributed by atoms with Crippen molar-refractivity contribution >= 4 is 23.4 Å². The van der Waals surface area contributed by atoms with E-state index in [0.29, 0.717) is 51.8 Å². The Hall–Kier alpha value is -3.25. The van der Waals surface area contributed by atoms with Crippen molar-refractivity contribution in [3.63, 3.8) is 0 Å². The largest absolute Gasteiger partial charge is 0.497 e. The van der Waals surface area contributed by atoms with Crippen LogP contribution in [0.3, 0.4) is 0 Å². The fourth-order valence-corrected chi connectivity index (χ4v) is 5.06. The molecule has 0 amide bonds. The second-order valence-electron chi connectivity index (χ2n) is 9.13. The number of methoxy groups -OCH3 is 2. The molecule has 4 rings (SSSR count). The number of hydrogen-bond acceptors (Lipinski definition) is 6. The average molecular weight is 496 g/mol. The maximum atomic E-state index is 13.7. The summed E-state index contributed by atoms with van der Waals surface area (Å²) in [6.07, 6.45) is 0.661. The van der Waals surface area contributed by atoms with Crippen molar-refractivity contribution < 1.29 is 23.8 Å². The van der Waals surface area contributed by atoms with E-state index in [1.165, 1.54) is 0 Å². The van der Waals surface area contributed by atoms with Crippen molar-refractivity contribution in [2.24, 2.45) is 0 Å². The monoisotopic (exact) mass is 495 g/mol. The van der Waals surface area contributed by atoms with Crippen LogP contribution in [0.1, 0.15) is 56.6 Å². The summed E-state index contributed by atoms with van der Waals surface area (Å²) in [5.74, 6) is 0.0739. The Morgan fingerprint density at radius 2 is 1.77 bits per heavy atom. The van der Waals surface area contributed by atoms with E-state index < -0.39 is 11.9 Å². The molecule has 0 spiro atoms. The number of ether oxygens (including phenoxy) is 3. The number of benzene rings is 2. The molecule has 0 bridgehead atoms. The third-order valence-corrected chi connectivity index (χ3v) is 6.73. The Balaban J connectivity index is 1.86. The van der Waals surface area contributed by atoms with Crippen LogP contribution in [0.15, 0.2) is 65.0 Å². The van der Waals surface area contributed by atoms with Crippen molar-refractivity contribution in [3.05, 3.63) is 81.2 Å². The smallest absolute Gasteiger partial charge is 0.337 e. The van der Waals surface area contributed by atoms with Crippen LogP contribution in [-0.4, -0.2) is 32.1 Å². The van der Waals surface area contributed by atoms with Crippen molar-refractivity contribution in [1.82, 2.24) is 5.32 Å². The lowest BCUT2D eigenvalue weighted by Crippen LogP contribution is -2.36. The summed E-state index contributed by atoms with van der Waals surface area (Å²) in [7, 11) is 3.15. The Labute approximate surface area is 210 Å². The summed E-state index contributed by atoms with van der Waals surface area (Å²) in [6, 6.07) is 13.0. The molecule has 0 saturated carbocycles. The van der Waals surface area contributed by atoms with E-state index >= 15 is 0 Å². The summed E-state index contributed by atoms with van der Waals surface area (Å²) in [5.41, 5.74) is 4.20. The van der Waals surface area contributed by atoms with Crippen molar-refractivity contribution in [2.45, 2.75) is 51.6 Å². The quantitative estimate of drug-likeness (QED) is 0.520. The van der Waals surface area contributed by atoms with Crippen molar-refractivity contribution in [3.8, 4) is 11.5 Å². The fourth-order valence-electron chi connectivity index (χ4n) is 4.93. The van der Waals surface area contributed by atoms with Gasteiger partial charge in [0.25, 0.3) is 0 Å². The highest BCUT2D eigenvalue weighted by atomic mass is 35.5. The molecule has 0 unspecified atom stereocenters. The van der Waals surface area contributed by atoms with Gasteiger partial charge in [-0.15, -0.1) is 0 Å². The molecule has 2 aromatic carbocycles. The number of carbonyl (C=O) groups is 2. The number of nitrogens with one attached hydrogen (secondary N) is 1. The molecular weight excluding hydrogens is 466 g/mol. The number of allylic oxidation sites excluding steroid dienone is 3. The first-order chi connectivity index (χ1) is 16.7. The van der Waals surface area contributed by atoms with Crippen LogP contribution in [0.4, 0.5) is 0 Å². The Morgan fingerprint density at radius 3 is 2.40 bits per heavy atom. The van der Waals surface area contributed by atoms with Crippen molar-refractivity contribution in [2.75, 3.05) is 14.2 Å². The fraction of sp³-hybridized carbons (Fsp3) is 0.357. The maximum Gasteiger partial charge on any atom is 0.337 e. The van der Waals surface area contributed by atoms with Crippen LogP contribution in [0.25, 0.3) is 0 Å². The van der Waals surface area contributed by atoms with Crippen molar-refractivity contribution in [1.29, 1.82) is 0 Å². The Morgan fingerprint density at radius 1 is 1.06 bits per heavy atom. The molecule has 0 fully saturated rings. The first kappa shape index (κ1) is 24.9. The maximum absolute atomic E-state index is 13.7. The molecule has 1 aliphatic heterocycles. The minimum absolute atomic E-state index is 0.0100. The molecule has 1 aliphatic carbocycles. The minimum atomic E-state index is -0.638. The average Bonchev–Trinajstić information content (AvgIpc) is 2.82. The number of carbonyl (C=O) groups excluding carboxylic acids is 2. The highest BCUT2D eigenvalue weighted by Crippen LogP contribution is 2.48. The topological polar surface area (TPSA) is 73.9 Å². The SMILES string of the molecule is COc1ccc(OC)c([C@H]2C(C(=O)OC(C)C)=C(C)NC3=C2C(=O)C[C@H](c2ccc(Cl)cc2)C3)c1. The second kappa shape index (κ2) is 10.2. The molecule has 7 heteroatoms. The van der Waals surface area contributed by atoms with Gasteiger partial charge in [0.1, 0.15) is 11.5 Å². The van der Waals surface area contributed by atoms with Gasteiger partial charge in [0.05, 0.1) is 31.8 Å². The molecule has 2 aliphatic rings. The van der Waals surface area contributed by atoms with Crippen LogP contribution >= 0.6 is 11.6 Å². The highest BCUT2D eigenvalue weighted by Gasteiger charge is 2.42. The van der Waals surface area contributed by atoms with E-state index in [-0.39, 0.29) is 17.8 Å². The molecule has 1 N–H and O–H groups in total. The van der Waals surface area contributed by atoms with Crippen LogP contribution in [0, 0.1) is 0 Å². The van der Waals surface area contributed by atoms with E-state index in [2.05, 4.69) is 5.32 Å². The summed E-state index contributed by atoms with van der Waals surface area (Å²) in [5, 5.41) is 4.03. The van der Waals surface area contributed by atoms with Gasteiger partial charge in [-0.1, -0.05) is 23.7 Å². The zero-order chi connectivity index (χ0) is 25.3. The lowest BCUT2D eigenvalue weighted by molar-refractivity contribution is -0.143. The van der Waals surface area contributed by atoms with Gasteiger partial charge in [0.2, 0.25) is 0 Å². The first-order valence-electron chi connectivity index (χ1n) is 11.7.